The molecular formula is C13H14N2. The first kappa shape index (κ1) is 9.87. The summed E-state index contributed by atoms with van der Waals surface area (Å²) < 4.78 is 0. The second-order valence-electron chi connectivity index (χ2n) is 3.41. The molecule has 0 aliphatic heterocycles. The van der Waals surface area contributed by atoms with Gasteiger partial charge in [-0.2, -0.15) is 0 Å². The molecule has 0 saturated heterocycles. The van der Waals surface area contributed by atoms with Crippen LogP contribution in [0, 0.1) is 0 Å². The summed E-state index contributed by atoms with van der Waals surface area (Å²) in [4.78, 5) is 4.22. The van der Waals surface area contributed by atoms with E-state index >= 15 is 0 Å². The van der Waals surface area contributed by atoms with Gasteiger partial charge in [-0.25, -0.2) is 0 Å². The Bertz CT molecular complexity index is 469. The minimum Gasteiger partial charge on any atom is -0.316 e. The molecule has 2 heteroatoms. The molecule has 2 nitrogen and oxygen atoms in total. The third-order valence-electron chi connectivity index (χ3n) is 2.32. The molecule has 1 aromatic carbocycles. The highest BCUT2D eigenvalue weighted by Crippen LogP contribution is 2.17. The molecule has 1 heterocycles. The first-order chi connectivity index (χ1) is 7.42. The van der Waals surface area contributed by atoms with Crippen molar-refractivity contribution in [2.45, 2.75) is 0 Å². The van der Waals surface area contributed by atoms with E-state index in [0.717, 1.165) is 6.54 Å². The van der Waals surface area contributed by atoms with Crippen molar-refractivity contribution in [1.82, 2.24) is 10.3 Å². The van der Waals surface area contributed by atoms with Gasteiger partial charge in [-0.15, -0.1) is 0 Å². The maximum absolute atomic E-state index is 4.22. The first-order valence-corrected chi connectivity index (χ1v) is 5.05. The number of nitrogens with one attached hydrogen (secondary N) is 1. The molecule has 2 aromatic rings. The number of hydrogen-bond donors (Lipinski definition) is 1. The number of hydrogen-bond acceptors (Lipinski definition) is 2. The fourth-order valence-electron chi connectivity index (χ4n) is 1.58. The van der Waals surface area contributed by atoms with E-state index < -0.39 is 0 Å². The summed E-state index contributed by atoms with van der Waals surface area (Å²) in [5, 5.41) is 5.51. The number of benzene rings is 1. The molecule has 0 aliphatic carbocycles. The van der Waals surface area contributed by atoms with E-state index in [1.165, 1.54) is 16.3 Å². The van der Waals surface area contributed by atoms with E-state index in [0.29, 0.717) is 0 Å². The van der Waals surface area contributed by atoms with Crippen LogP contribution >= 0.6 is 0 Å². The molecule has 0 amide bonds. The van der Waals surface area contributed by atoms with Crippen LogP contribution in [0.15, 0.2) is 42.7 Å². The Balaban J connectivity index is 2.42. The van der Waals surface area contributed by atoms with Crippen molar-refractivity contribution in [3.8, 4) is 0 Å². The van der Waals surface area contributed by atoms with Gasteiger partial charge in [0.05, 0.1) is 0 Å². The summed E-state index contributed by atoms with van der Waals surface area (Å²) in [5.74, 6) is 0. The van der Waals surface area contributed by atoms with Crippen LogP contribution in [0.5, 0.6) is 0 Å². The second-order valence-corrected chi connectivity index (χ2v) is 3.41. The third kappa shape index (κ3) is 2.22. The molecule has 1 aromatic heterocycles. The van der Waals surface area contributed by atoms with Gasteiger partial charge in [-0.1, -0.05) is 36.4 Å². The lowest BCUT2D eigenvalue weighted by atomic mass is 10.1. The van der Waals surface area contributed by atoms with E-state index in [4.69, 9.17) is 0 Å². The molecular weight excluding hydrogens is 184 g/mol. The molecule has 0 unspecified atom stereocenters. The zero-order chi connectivity index (χ0) is 10.5. The molecule has 76 valence electrons. The van der Waals surface area contributed by atoms with Crippen molar-refractivity contribution < 1.29 is 0 Å². The predicted octanol–water partition coefficient (Wildman–Crippen LogP) is 2.47. The fraction of sp³-hybridized carbons (Fsp3) is 0.154. The second kappa shape index (κ2) is 4.71. The number of fused-ring (bicyclic) bond motifs is 1. The van der Waals surface area contributed by atoms with Gasteiger partial charge in [0, 0.05) is 29.9 Å². The SMILES string of the molecule is CNC/C=C/c1cncc2ccccc12. The van der Waals surface area contributed by atoms with Crippen molar-refractivity contribution in [3.63, 3.8) is 0 Å². The lowest BCUT2D eigenvalue weighted by Gasteiger charge is -2.00. The van der Waals surface area contributed by atoms with Gasteiger partial charge in [0.2, 0.25) is 0 Å². The van der Waals surface area contributed by atoms with Crippen molar-refractivity contribution in [3.05, 3.63) is 48.3 Å². The van der Waals surface area contributed by atoms with Crippen LogP contribution in [0.1, 0.15) is 5.56 Å². The van der Waals surface area contributed by atoms with E-state index in [1.807, 2.05) is 25.5 Å². The Labute approximate surface area is 89.7 Å². The summed E-state index contributed by atoms with van der Waals surface area (Å²) in [6.07, 6.45) is 7.99. The Morgan fingerprint density at radius 1 is 1.27 bits per heavy atom. The number of pyridine rings is 1. The van der Waals surface area contributed by atoms with Crippen LogP contribution in [0.2, 0.25) is 0 Å². The summed E-state index contributed by atoms with van der Waals surface area (Å²) in [6.45, 7) is 0.878. The van der Waals surface area contributed by atoms with Gasteiger partial charge in [-0.05, 0) is 12.4 Å². The van der Waals surface area contributed by atoms with E-state index in [-0.39, 0.29) is 0 Å². The number of rotatable bonds is 3. The standard InChI is InChI=1S/C13H14N2/c1-14-8-4-6-12-10-15-9-11-5-2-3-7-13(11)12/h2-7,9-10,14H,8H2,1H3/b6-4+. The maximum atomic E-state index is 4.22. The van der Waals surface area contributed by atoms with Crippen LogP contribution < -0.4 is 5.32 Å². The molecule has 0 fully saturated rings. The normalized spacial score (nSPS) is 11.3. The minimum atomic E-state index is 0.878. The molecule has 0 spiro atoms. The van der Waals surface area contributed by atoms with Gasteiger partial charge in [0.15, 0.2) is 0 Å². The lowest BCUT2D eigenvalue weighted by molar-refractivity contribution is 0.922. The smallest absolute Gasteiger partial charge is 0.0346 e. The molecule has 0 bridgehead atoms. The molecule has 0 atom stereocenters. The van der Waals surface area contributed by atoms with E-state index in [1.54, 1.807) is 0 Å². The largest absolute Gasteiger partial charge is 0.316 e. The predicted molar refractivity (Wildman–Crippen MR) is 64.7 cm³/mol. The third-order valence-corrected chi connectivity index (χ3v) is 2.32. The Hall–Kier alpha value is -1.67. The first-order valence-electron chi connectivity index (χ1n) is 5.05. The summed E-state index contributed by atoms with van der Waals surface area (Å²) in [6, 6.07) is 8.29. The van der Waals surface area contributed by atoms with Gasteiger partial charge < -0.3 is 5.32 Å². The van der Waals surface area contributed by atoms with Crippen LogP contribution in [-0.4, -0.2) is 18.6 Å². The van der Waals surface area contributed by atoms with Crippen molar-refractivity contribution in [1.29, 1.82) is 0 Å². The van der Waals surface area contributed by atoms with Gasteiger partial charge in [-0.3, -0.25) is 4.98 Å². The van der Waals surface area contributed by atoms with Crippen LogP contribution in [0.4, 0.5) is 0 Å². The number of nitrogens with zero attached hydrogens (tertiary/aromatic N) is 1. The van der Waals surface area contributed by atoms with Crippen LogP contribution in [0.3, 0.4) is 0 Å². The Morgan fingerprint density at radius 3 is 3.00 bits per heavy atom. The topological polar surface area (TPSA) is 24.9 Å². The Kier molecular flexibility index (Phi) is 3.10. The molecule has 0 saturated carbocycles. The van der Waals surface area contributed by atoms with E-state index in [2.05, 4.69) is 40.7 Å². The summed E-state index contributed by atoms with van der Waals surface area (Å²) in [7, 11) is 1.94. The number of aromatic nitrogens is 1. The highest BCUT2D eigenvalue weighted by atomic mass is 14.8. The zero-order valence-corrected chi connectivity index (χ0v) is 8.77. The Morgan fingerprint density at radius 2 is 2.13 bits per heavy atom. The highest BCUT2D eigenvalue weighted by molar-refractivity contribution is 5.89. The zero-order valence-electron chi connectivity index (χ0n) is 8.77. The van der Waals surface area contributed by atoms with E-state index in [9.17, 15) is 0 Å². The molecule has 1 N–H and O–H groups in total. The van der Waals surface area contributed by atoms with Crippen LogP contribution in [0.25, 0.3) is 16.8 Å². The average Bonchev–Trinajstić information content (AvgIpc) is 2.30. The van der Waals surface area contributed by atoms with Crippen LogP contribution in [-0.2, 0) is 0 Å². The van der Waals surface area contributed by atoms with Crippen molar-refractivity contribution in [2.75, 3.05) is 13.6 Å². The summed E-state index contributed by atoms with van der Waals surface area (Å²) >= 11 is 0. The fourth-order valence-corrected chi connectivity index (χ4v) is 1.58. The quantitative estimate of drug-likeness (QED) is 0.819. The maximum Gasteiger partial charge on any atom is 0.0346 e. The molecule has 0 radical (unpaired) electrons. The average molecular weight is 198 g/mol. The van der Waals surface area contributed by atoms with Gasteiger partial charge >= 0.3 is 0 Å². The summed E-state index contributed by atoms with van der Waals surface area (Å²) in [5.41, 5.74) is 1.17. The van der Waals surface area contributed by atoms with Gasteiger partial charge in [0.25, 0.3) is 0 Å². The highest BCUT2D eigenvalue weighted by Gasteiger charge is 1.96. The monoisotopic (exact) mass is 198 g/mol. The van der Waals surface area contributed by atoms with Gasteiger partial charge in [0.1, 0.15) is 0 Å². The molecule has 2 rings (SSSR count). The molecule has 15 heavy (non-hydrogen) atoms. The number of likely N-dealkylation sites (N-methyl/N-ethyl adjacent to an activating group) is 1. The molecule has 0 aliphatic rings. The van der Waals surface area contributed by atoms with Crippen molar-refractivity contribution in [2.24, 2.45) is 0 Å². The lowest BCUT2D eigenvalue weighted by Crippen LogP contribution is -2.03. The minimum absolute atomic E-state index is 0.878. The van der Waals surface area contributed by atoms with Crippen molar-refractivity contribution >= 4 is 16.8 Å².